The second-order valence-corrected chi connectivity index (χ2v) is 13.4. The fraction of sp³-hybridized carbons (Fsp3) is 0.432. The summed E-state index contributed by atoms with van der Waals surface area (Å²) in [6.45, 7) is 15.3. The number of imidazole rings is 1. The first kappa shape index (κ1) is 30.6. The first-order valence-corrected chi connectivity index (χ1v) is 16.3. The summed E-state index contributed by atoms with van der Waals surface area (Å²) < 4.78 is 13.3. The maximum atomic E-state index is 6.64. The fourth-order valence-corrected chi connectivity index (χ4v) is 7.05. The van der Waals surface area contributed by atoms with Gasteiger partial charge in [0.05, 0.1) is 41.2 Å². The summed E-state index contributed by atoms with van der Waals surface area (Å²) in [5.74, 6) is 0.991. The van der Waals surface area contributed by atoms with Crippen LogP contribution in [0.25, 0.3) is 22.4 Å². The van der Waals surface area contributed by atoms with Crippen molar-refractivity contribution in [3.63, 3.8) is 0 Å². The highest BCUT2D eigenvalue weighted by molar-refractivity contribution is 6.62. The van der Waals surface area contributed by atoms with Crippen molar-refractivity contribution in [1.82, 2.24) is 15.3 Å². The van der Waals surface area contributed by atoms with E-state index in [-0.39, 0.29) is 18.1 Å². The van der Waals surface area contributed by atoms with Gasteiger partial charge in [-0.05, 0) is 99.9 Å². The van der Waals surface area contributed by atoms with Gasteiger partial charge in [-0.2, -0.15) is 0 Å². The summed E-state index contributed by atoms with van der Waals surface area (Å²) in [4.78, 5) is 10.8. The van der Waals surface area contributed by atoms with Gasteiger partial charge in [0, 0.05) is 5.69 Å². The van der Waals surface area contributed by atoms with E-state index in [1.54, 1.807) is 0 Å². The molecule has 0 radical (unpaired) electrons. The number of anilines is 1. The highest BCUT2D eigenvalue weighted by Gasteiger charge is 2.53. The van der Waals surface area contributed by atoms with Crippen molar-refractivity contribution >= 4 is 18.3 Å². The smallest absolute Gasteiger partial charge is 0.399 e. The fourth-order valence-electron chi connectivity index (χ4n) is 7.05. The van der Waals surface area contributed by atoms with E-state index in [9.17, 15) is 0 Å². The van der Waals surface area contributed by atoms with Crippen LogP contribution in [0.1, 0.15) is 103 Å². The van der Waals surface area contributed by atoms with E-state index in [2.05, 4.69) is 130 Å². The molecule has 0 saturated carbocycles. The van der Waals surface area contributed by atoms with Gasteiger partial charge in [0.2, 0.25) is 0 Å². The van der Waals surface area contributed by atoms with Crippen LogP contribution in [-0.2, 0) is 9.31 Å². The summed E-state index contributed by atoms with van der Waals surface area (Å²) in [7, 11) is 1.59. The molecule has 230 valence electrons. The zero-order valence-corrected chi connectivity index (χ0v) is 27.6. The number of H-pyrrole nitrogens is 1. The van der Waals surface area contributed by atoms with Crippen LogP contribution in [0, 0.1) is 0 Å². The molecule has 0 spiro atoms. The molecule has 6 rings (SSSR count). The third-order valence-corrected chi connectivity index (χ3v) is 10.1. The van der Waals surface area contributed by atoms with Crippen molar-refractivity contribution in [3.8, 4) is 22.4 Å². The second-order valence-electron chi connectivity index (χ2n) is 13.4. The van der Waals surface area contributed by atoms with Crippen LogP contribution in [0.4, 0.5) is 5.69 Å². The SMILES string of the molecule is CCCC(NC)c1ncc(-c2ccc(-c3ccc(B4OC(C)(C)C(C)(C)O4)c4c3C(C)N(c3ccccc3)C4CC)cc2)[nH]1. The van der Waals surface area contributed by atoms with Gasteiger partial charge in [-0.15, -0.1) is 0 Å². The standard InChI is InChI=1S/C37H47BN4O2/c1-9-14-30(39-8)35-40-23-31(41-35)26-19-17-25(18-20-26)28-21-22-29(38-43-36(4,5)37(6,7)44-38)34-32(10-2)42(24(3)33(28)34)27-15-12-11-13-16-27/h11-13,15-24,30,32,39H,9-10,14H2,1-8H3,(H,40,41). The lowest BCUT2D eigenvalue weighted by Gasteiger charge is -2.32. The molecule has 3 atom stereocenters. The van der Waals surface area contributed by atoms with Gasteiger partial charge in [0.15, 0.2) is 0 Å². The molecule has 1 saturated heterocycles. The molecule has 7 heteroatoms. The number of nitrogens with zero attached hydrogens (tertiary/aromatic N) is 2. The lowest BCUT2D eigenvalue weighted by Crippen LogP contribution is -2.41. The zero-order valence-electron chi connectivity index (χ0n) is 27.6. The van der Waals surface area contributed by atoms with Gasteiger partial charge < -0.3 is 24.5 Å². The minimum atomic E-state index is -0.411. The Morgan fingerprint density at radius 1 is 0.909 bits per heavy atom. The van der Waals surface area contributed by atoms with E-state index in [1.165, 1.54) is 27.9 Å². The highest BCUT2D eigenvalue weighted by Crippen LogP contribution is 2.50. The van der Waals surface area contributed by atoms with Crippen LogP contribution in [0.3, 0.4) is 0 Å². The van der Waals surface area contributed by atoms with Crippen molar-refractivity contribution in [3.05, 3.63) is 89.9 Å². The number of aromatic nitrogens is 2. The van der Waals surface area contributed by atoms with Crippen LogP contribution in [0.15, 0.2) is 72.9 Å². The molecule has 1 aromatic heterocycles. The molecule has 4 aromatic rings. The van der Waals surface area contributed by atoms with E-state index in [1.807, 2.05) is 13.2 Å². The van der Waals surface area contributed by atoms with Crippen LogP contribution >= 0.6 is 0 Å². The van der Waals surface area contributed by atoms with Crippen LogP contribution in [-0.4, -0.2) is 35.3 Å². The second kappa shape index (κ2) is 11.8. The normalized spacial score (nSPS) is 21.1. The molecule has 44 heavy (non-hydrogen) atoms. The van der Waals surface area contributed by atoms with E-state index in [0.29, 0.717) is 0 Å². The number of aromatic amines is 1. The Bertz CT molecular complexity index is 1580. The molecular weight excluding hydrogens is 543 g/mol. The molecular formula is C37H47BN4O2. The Labute approximate surface area is 263 Å². The molecule has 3 heterocycles. The molecule has 3 unspecified atom stereocenters. The minimum absolute atomic E-state index is 0.182. The first-order chi connectivity index (χ1) is 21.1. The van der Waals surface area contributed by atoms with Crippen molar-refractivity contribution < 1.29 is 9.31 Å². The lowest BCUT2D eigenvalue weighted by atomic mass is 9.72. The predicted octanol–water partition coefficient (Wildman–Crippen LogP) is 8.14. The Kier molecular flexibility index (Phi) is 8.25. The van der Waals surface area contributed by atoms with E-state index in [0.717, 1.165) is 41.8 Å². The molecule has 2 aliphatic rings. The van der Waals surface area contributed by atoms with Crippen LogP contribution < -0.4 is 15.7 Å². The molecule has 3 aromatic carbocycles. The van der Waals surface area contributed by atoms with Gasteiger partial charge >= 0.3 is 7.12 Å². The van der Waals surface area contributed by atoms with Crippen molar-refractivity contribution in [1.29, 1.82) is 0 Å². The zero-order chi connectivity index (χ0) is 31.2. The van der Waals surface area contributed by atoms with Gasteiger partial charge in [0.25, 0.3) is 0 Å². The molecule has 0 aliphatic carbocycles. The Hall–Kier alpha value is -3.39. The maximum absolute atomic E-state index is 6.64. The number of rotatable bonds is 9. The maximum Gasteiger partial charge on any atom is 0.495 e. The summed E-state index contributed by atoms with van der Waals surface area (Å²) in [6.07, 6.45) is 5.08. The summed E-state index contributed by atoms with van der Waals surface area (Å²) in [5, 5.41) is 3.38. The third-order valence-electron chi connectivity index (χ3n) is 10.1. The molecule has 0 amide bonds. The molecule has 6 nitrogen and oxygen atoms in total. The van der Waals surface area contributed by atoms with Crippen molar-refractivity contribution in [2.45, 2.75) is 97.1 Å². The largest absolute Gasteiger partial charge is 0.495 e. The monoisotopic (exact) mass is 590 g/mol. The van der Waals surface area contributed by atoms with E-state index < -0.39 is 18.3 Å². The number of hydrogen-bond acceptors (Lipinski definition) is 5. The third kappa shape index (κ3) is 5.19. The average molecular weight is 591 g/mol. The average Bonchev–Trinajstić information content (AvgIpc) is 3.68. The predicted molar refractivity (Wildman–Crippen MR) is 182 cm³/mol. The Morgan fingerprint density at radius 2 is 1.57 bits per heavy atom. The van der Waals surface area contributed by atoms with Crippen LogP contribution in [0.5, 0.6) is 0 Å². The number of nitrogens with one attached hydrogen (secondary N) is 2. The van der Waals surface area contributed by atoms with Gasteiger partial charge in [-0.3, -0.25) is 0 Å². The molecule has 1 fully saturated rings. The number of hydrogen-bond donors (Lipinski definition) is 2. The van der Waals surface area contributed by atoms with E-state index >= 15 is 0 Å². The van der Waals surface area contributed by atoms with Crippen molar-refractivity contribution in [2.24, 2.45) is 0 Å². The number of benzene rings is 3. The Morgan fingerprint density at radius 3 is 2.18 bits per heavy atom. The summed E-state index contributed by atoms with van der Waals surface area (Å²) in [5.41, 5.74) is 8.93. The van der Waals surface area contributed by atoms with E-state index in [4.69, 9.17) is 14.3 Å². The topological polar surface area (TPSA) is 62.4 Å². The van der Waals surface area contributed by atoms with Gasteiger partial charge in [-0.1, -0.05) is 74.9 Å². The molecule has 2 N–H and O–H groups in total. The van der Waals surface area contributed by atoms with Gasteiger partial charge in [0.1, 0.15) is 5.82 Å². The van der Waals surface area contributed by atoms with Gasteiger partial charge in [-0.25, -0.2) is 4.98 Å². The summed E-state index contributed by atoms with van der Waals surface area (Å²) >= 11 is 0. The quantitative estimate of drug-likeness (QED) is 0.193. The number of fused-ring (bicyclic) bond motifs is 1. The lowest BCUT2D eigenvalue weighted by molar-refractivity contribution is 0.00578. The number of para-hydroxylation sites is 1. The molecule has 2 aliphatic heterocycles. The summed E-state index contributed by atoms with van der Waals surface area (Å²) in [6, 6.07) is 24.9. The van der Waals surface area contributed by atoms with Crippen molar-refractivity contribution in [2.75, 3.05) is 11.9 Å². The minimum Gasteiger partial charge on any atom is -0.399 e. The van der Waals surface area contributed by atoms with Crippen LogP contribution in [0.2, 0.25) is 0 Å². The first-order valence-electron chi connectivity index (χ1n) is 16.3. The Balaban J connectivity index is 1.42. The molecule has 0 bridgehead atoms. The highest BCUT2D eigenvalue weighted by atomic mass is 16.7.